The van der Waals surface area contributed by atoms with E-state index < -0.39 is 0 Å². The number of esters is 1. The van der Waals surface area contributed by atoms with Gasteiger partial charge in [-0.25, -0.2) is 0 Å². The molecule has 0 bridgehead atoms. The topological polar surface area (TPSA) is 26.3 Å². The van der Waals surface area contributed by atoms with E-state index in [0.717, 1.165) is 19.3 Å². The Balaban J connectivity index is 3.47. The molecule has 2 nitrogen and oxygen atoms in total. The van der Waals surface area contributed by atoms with Crippen LogP contribution in [0.2, 0.25) is 0 Å². The molecule has 0 aromatic heterocycles. The average Bonchev–Trinajstić information content (AvgIpc) is 2.17. The number of hydrogen-bond donors (Lipinski definition) is 0. The smallest absolute Gasteiger partial charge is 0.305 e. The van der Waals surface area contributed by atoms with Crippen molar-refractivity contribution < 1.29 is 9.53 Å². The monoisotopic (exact) mass is 226 g/mol. The van der Waals surface area contributed by atoms with Crippen LogP contribution >= 0.6 is 0 Å². The third-order valence-corrected chi connectivity index (χ3v) is 2.54. The highest BCUT2D eigenvalue weighted by atomic mass is 16.5. The number of hydrogen-bond acceptors (Lipinski definition) is 2. The molecule has 2 heteroatoms. The Labute approximate surface area is 100 Å². The van der Waals surface area contributed by atoms with Crippen molar-refractivity contribution in [1.29, 1.82) is 0 Å². The molecule has 0 aromatic carbocycles. The summed E-state index contributed by atoms with van der Waals surface area (Å²) in [5, 5.41) is 0. The van der Waals surface area contributed by atoms with Gasteiger partial charge >= 0.3 is 5.97 Å². The molecular formula is C14H26O2. The van der Waals surface area contributed by atoms with Gasteiger partial charge in [-0.1, -0.05) is 25.5 Å². The van der Waals surface area contributed by atoms with Crippen LogP contribution in [0.15, 0.2) is 11.6 Å². The Morgan fingerprint density at radius 3 is 2.56 bits per heavy atom. The van der Waals surface area contributed by atoms with Crippen LogP contribution in [0.3, 0.4) is 0 Å². The van der Waals surface area contributed by atoms with Gasteiger partial charge in [0, 0.05) is 6.42 Å². The van der Waals surface area contributed by atoms with Gasteiger partial charge in [0.15, 0.2) is 0 Å². The van der Waals surface area contributed by atoms with E-state index >= 15 is 0 Å². The van der Waals surface area contributed by atoms with Gasteiger partial charge in [-0.15, -0.1) is 0 Å². The van der Waals surface area contributed by atoms with Crippen LogP contribution in [-0.2, 0) is 9.53 Å². The molecule has 1 atom stereocenters. The number of carbonyl (C=O) groups excluding carboxylic acids is 1. The second-order valence-corrected chi connectivity index (χ2v) is 4.72. The molecule has 94 valence electrons. The minimum Gasteiger partial charge on any atom is -0.466 e. The molecule has 16 heavy (non-hydrogen) atoms. The maximum absolute atomic E-state index is 11.1. The van der Waals surface area contributed by atoms with Crippen LogP contribution in [-0.4, -0.2) is 12.6 Å². The molecule has 0 amide bonds. The zero-order valence-electron chi connectivity index (χ0n) is 11.2. The average molecular weight is 226 g/mol. The summed E-state index contributed by atoms with van der Waals surface area (Å²) in [6.07, 6.45) is 6.97. The lowest BCUT2D eigenvalue weighted by Crippen LogP contribution is -2.08. The van der Waals surface area contributed by atoms with Gasteiger partial charge in [-0.2, -0.15) is 0 Å². The van der Waals surface area contributed by atoms with E-state index in [4.69, 9.17) is 4.74 Å². The number of rotatable bonds is 8. The fourth-order valence-corrected chi connectivity index (χ4v) is 1.45. The summed E-state index contributed by atoms with van der Waals surface area (Å²) in [6.45, 7) is 9.03. The summed E-state index contributed by atoms with van der Waals surface area (Å²) in [6, 6.07) is 0. The SMILES string of the molecule is CCCC(=O)OCC[C@H](C)CCC=C(C)C. The fourth-order valence-electron chi connectivity index (χ4n) is 1.45. The quantitative estimate of drug-likeness (QED) is 0.460. The van der Waals surface area contributed by atoms with Crippen molar-refractivity contribution in [2.45, 2.75) is 59.8 Å². The zero-order valence-corrected chi connectivity index (χ0v) is 11.2. The first-order valence-electron chi connectivity index (χ1n) is 6.35. The zero-order chi connectivity index (χ0) is 12.4. The van der Waals surface area contributed by atoms with E-state index in [1.165, 1.54) is 12.0 Å². The Kier molecular flexibility index (Phi) is 8.97. The molecule has 0 aliphatic heterocycles. The van der Waals surface area contributed by atoms with Crippen LogP contribution in [0.4, 0.5) is 0 Å². The highest BCUT2D eigenvalue weighted by molar-refractivity contribution is 5.69. The summed E-state index contributed by atoms with van der Waals surface area (Å²) in [5.41, 5.74) is 1.38. The van der Waals surface area contributed by atoms with Crippen LogP contribution in [0, 0.1) is 5.92 Å². The molecule has 0 rings (SSSR count). The molecule has 0 saturated carbocycles. The third-order valence-electron chi connectivity index (χ3n) is 2.54. The molecule has 0 heterocycles. The number of ether oxygens (including phenoxy) is 1. The molecule has 0 spiro atoms. The molecule has 0 aliphatic rings. The van der Waals surface area contributed by atoms with E-state index in [2.05, 4.69) is 26.8 Å². The highest BCUT2D eigenvalue weighted by Crippen LogP contribution is 2.12. The first kappa shape index (κ1) is 15.2. The van der Waals surface area contributed by atoms with E-state index in [9.17, 15) is 4.79 Å². The Morgan fingerprint density at radius 2 is 2.00 bits per heavy atom. The maximum Gasteiger partial charge on any atom is 0.305 e. The lowest BCUT2D eigenvalue weighted by molar-refractivity contribution is -0.144. The van der Waals surface area contributed by atoms with Crippen LogP contribution in [0.1, 0.15) is 59.8 Å². The first-order valence-corrected chi connectivity index (χ1v) is 6.35. The molecule has 0 aliphatic carbocycles. The van der Waals surface area contributed by atoms with Gasteiger partial charge in [-0.05, 0) is 45.4 Å². The van der Waals surface area contributed by atoms with Gasteiger partial charge in [0.1, 0.15) is 0 Å². The molecule has 0 saturated heterocycles. The predicted molar refractivity (Wildman–Crippen MR) is 68.3 cm³/mol. The maximum atomic E-state index is 11.1. The highest BCUT2D eigenvalue weighted by Gasteiger charge is 2.04. The first-order chi connectivity index (χ1) is 7.56. The normalized spacial score (nSPS) is 12.0. The molecule has 0 aromatic rings. The van der Waals surface area contributed by atoms with E-state index in [-0.39, 0.29) is 5.97 Å². The lowest BCUT2D eigenvalue weighted by atomic mass is 10.0. The Bertz CT molecular complexity index is 215. The van der Waals surface area contributed by atoms with E-state index in [1.54, 1.807) is 0 Å². The summed E-state index contributed by atoms with van der Waals surface area (Å²) >= 11 is 0. The third kappa shape index (κ3) is 9.75. The molecule has 0 radical (unpaired) electrons. The van der Waals surface area contributed by atoms with E-state index in [0.29, 0.717) is 18.9 Å². The minimum atomic E-state index is -0.0565. The van der Waals surface area contributed by atoms with Crippen molar-refractivity contribution in [3.05, 3.63) is 11.6 Å². The second-order valence-electron chi connectivity index (χ2n) is 4.72. The van der Waals surface area contributed by atoms with Gasteiger partial charge in [0.2, 0.25) is 0 Å². The van der Waals surface area contributed by atoms with Crippen molar-refractivity contribution in [3.8, 4) is 0 Å². The molecular weight excluding hydrogens is 200 g/mol. The van der Waals surface area contributed by atoms with Crippen molar-refractivity contribution >= 4 is 5.97 Å². The van der Waals surface area contributed by atoms with Gasteiger partial charge in [0.25, 0.3) is 0 Å². The molecule has 0 unspecified atom stereocenters. The van der Waals surface area contributed by atoms with Crippen LogP contribution < -0.4 is 0 Å². The van der Waals surface area contributed by atoms with Crippen molar-refractivity contribution in [3.63, 3.8) is 0 Å². The van der Waals surface area contributed by atoms with Gasteiger partial charge in [-0.3, -0.25) is 4.79 Å². The number of allylic oxidation sites excluding steroid dienone is 2. The molecule has 0 fully saturated rings. The van der Waals surface area contributed by atoms with Crippen LogP contribution in [0.5, 0.6) is 0 Å². The number of carbonyl (C=O) groups is 1. The summed E-state index contributed by atoms with van der Waals surface area (Å²) in [5.74, 6) is 0.573. The Hall–Kier alpha value is -0.790. The molecule has 0 N–H and O–H groups in total. The van der Waals surface area contributed by atoms with Gasteiger partial charge in [0.05, 0.1) is 6.61 Å². The lowest BCUT2D eigenvalue weighted by Gasteiger charge is -2.10. The van der Waals surface area contributed by atoms with Crippen molar-refractivity contribution in [2.75, 3.05) is 6.61 Å². The minimum absolute atomic E-state index is 0.0565. The standard InChI is InChI=1S/C14H26O2/c1-5-7-14(15)16-11-10-13(4)9-6-8-12(2)3/h8,13H,5-7,9-11H2,1-4H3/t13-/m1/s1. The van der Waals surface area contributed by atoms with E-state index in [1.807, 2.05) is 6.92 Å². The summed E-state index contributed by atoms with van der Waals surface area (Å²) in [4.78, 5) is 11.1. The Morgan fingerprint density at radius 1 is 1.31 bits per heavy atom. The largest absolute Gasteiger partial charge is 0.466 e. The van der Waals surface area contributed by atoms with Crippen molar-refractivity contribution in [1.82, 2.24) is 0 Å². The van der Waals surface area contributed by atoms with Crippen LogP contribution in [0.25, 0.3) is 0 Å². The van der Waals surface area contributed by atoms with Crippen molar-refractivity contribution in [2.24, 2.45) is 5.92 Å². The summed E-state index contributed by atoms with van der Waals surface area (Å²) < 4.78 is 5.13. The van der Waals surface area contributed by atoms with Gasteiger partial charge < -0.3 is 4.74 Å². The summed E-state index contributed by atoms with van der Waals surface area (Å²) in [7, 11) is 0. The second kappa shape index (κ2) is 9.44. The predicted octanol–water partition coefficient (Wildman–Crippen LogP) is 4.10. The fraction of sp³-hybridized carbons (Fsp3) is 0.786.